The molecule has 1 saturated heterocycles. The van der Waals surface area contributed by atoms with Crippen LogP contribution in [0.3, 0.4) is 0 Å². The van der Waals surface area contributed by atoms with Crippen LogP contribution >= 0.6 is 0 Å². The second kappa shape index (κ2) is 5.99. The molecule has 88 valence electrons. The van der Waals surface area contributed by atoms with E-state index in [9.17, 15) is 0 Å². The van der Waals surface area contributed by atoms with Crippen molar-refractivity contribution in [3.05, 3.63) is 35.9 Å². The van der Waals surface area contributed by atoms with E-state index in [0.717, 1.165) is 32.6 Å². The topological polar surface area (TPSA) is 24.5 Å². The van der Waals surface area contributed by atoms with Crippen molar-refractivity contribution in [3.63, 3.8) is 0 Å². The molecule has 1 N–H and O–H groups in total. The van der Waals surface area contributed by atoms with Crippen LogP contribution < -0.4 is 5.32 Å². The van der Waals surface area contributed by atoms with Gasteiger partial charge in [0.05, 0.1) is 0 Å². The van der Waals surface area contributed by atoms with Gasteiger partial charge in [0.15, 0.2) is 0 Å². The lowest BCUT2D eigenvalue weighted by atomic mass is 10.1. The Balaban J connectivity index is 1.94. The highest BCUT2D eigenvalue weighted by Gasteiger charge is 2.19. The van der Waals surface area contributed by atoms with Gasteiger partial charge >= 0.3 is 0 Å². The Morgan fingerprint density at radius 1 is 1.25 bits per heavy atom. The third-order valence-electron chi connectivity index (χ3n) is 3.08. The van der Waals surface area contributed by atoms with E-state index < -0.39 is 0 Å². The van der Waals surface area contributed by atoms with Gasteiger partial charge in [0, 0.05) is 39.7 Å². The summed E-state index contributed by atoms with van der Waals surface area (Å²) in [7, 11) is 1.80. The van der Waals surface area contributed by atoms with Gasteiger partial charge in [-0.05, 0) is 5.56 Å². The van der Waals surface area contributed by atoms with Gasteiger partial charge in [-0.2, -0.15) is 0 Å². The number of methoxy groups -OCH3 is 1. The van der Waals surface area contributed by atoms with Crippen molar-refractivity contribution < 1.29 is 4.74 Å². The van der Waals surface area contributed by atoms with Gasteiger partial charge in [-0.1, -0.05) is 30.3 Å². The van der Waals surface area contributed by atoms with Crippen LogP contribution in [0.5, 0.6) is 0 Å². The summed E-state index contributed by atoms with van der Waals surface area (Å²) in [6.45, 7) is 4.28. The summed E-state index contributed by atoms with van der Waals surface area (Å²) < 4.78 is 5.59. The Kier molecular flexibility index (Phi) is 4.34. The van der Waals surface area contributed by atoms with Gasteiger partial charge in [-0.25, -0.2) is 0 Å². The Morgan fingerprint density at radius 2 is 1.94 bits per heavy atom. The zero-order valence-corrected chi connectivity index (χ0v) is 9.86. The minimum atomic E-state index is 0.212. The van der Waals surface area contributed by atoms with Gasteiger partial charge in [0.1, 0.15) is 6.23 Å². The minimum Gasteiger partial charge on any atom is -0.366 e. The molecule has 1 aromatic carbocycles. The number of hydrogen-bond donors (Lipinski definition) is 1. The van der Waals surface area contributed by atoms with Crippen LogP contribution in [0.15, 0.2) is 30.3 Å². The second-order valence-corrected chi connectivity index (χ2v) is 4.17. The summed E-state index contributed by atoms with van der Waals surface area (Å²) in [5.41, 5.74) is 1.34. The summed E-state index contributed by atoms with van der Waals surface area (Å²) in [5, 5.41) is 3.36. The standard InChI is InChI=1S/C13H20N2O/c1-16-13(15-9-7-14-8-10-15)11-12-5-3-2-4-6-12/h2-6,13-14H,7-11H2,1H3. The number of ether oxygens (including phenoxy) is 1. The quantitative estimate of drug-likeness (QED) is 0.822. The van der Waals surface area contributed by atoms with Crippen molar-refractivity contribution >= 4 is 0 Å². The fourth-order valence-corrected chi connectivity index (χ4v) is 2.15. The maximum Gasteiger partial charge on any atom is 0.114 e. The molecular weight excluding hydrogens is 200 g/mol. The molecule has 0 saturated carbocycles. The van der Waals surface area contributed by atoms with Crippen LogP contribution in [0.4, 0.5) is 0 Å². The van der Waals surface area contributed by atoms with Gasteiger partial charge in [-0.15, -0.1) is 0 Å². The second-order valence-electron chi connectivity index (χ2n) is 4.17. The van der Waals surface area contributed by atoms with Crippen LogP contribution in [-0.2, 0) is 11.2 Å². The maximum absolute atomic E-state index is 5.59. The van der Waals surface area contributed by atoms with E-state index in [-0.39, 0.29) is 6.23 Å². The lowest BCUT2D eigenvalue weighted by Gasteiger charge is -2.33. The Bertz CT molecular complexity index is 296. The summed E-state index contributed by atoms with van der Waals surface area (Å²) in [6.07, 6.45) is 1.18. The van der Waals surface area contributed by atoms with Crippen molar-refractivity contribution in [3.8, 4) is 0 Å². The van der Waals surface area contributed by atoms with E-state index in [4.69, 9.17) is 4.74 Å². The molecule has 0 amide bonds. The zero-order chi connectivity index (χ0) is 11.2. The van der Waals surface area contributed by atoms with E-state index in [2.05, 4.69) is 40.5 Å². The maximum atomic E-state index is 5.59. The molecule has 0 radical (unpaired) electrons. The molecule has 0 bridgehead atoms. The molecule has 0 aliphatic carbocycles. The first-order valence-electron chi connectivity index (χ1n) is 5.91. The van der Waals surface area contributed by atoms with Crippen molar-refractivity contribution in [2.45, 2.75) is 12.6 Å². The molecule has 1 aliphatic heterocycles. The SMILES string of the molecule is COC(Cc1ccccc1)N1CCNCC1. The van der Waals surface area contributed by atoms with Gasteiger partial charge < -0.3 is 10.1 Å². The zero-order valence-electron chi connectivity index (χ0n) is 9.86. The van der Waals surface area contributed by atoms with Crippen molar-refractivity contribution in [1.82, 2.24) is 10.2 Å². The molecule has 1 unspecified atom stereocenters. The molecule has 1 aromatic rings. The molecule has 0 aromatic heterocycles. The van der Waals surface area contributed by atoms with E-state index in [1.165, 1.54) is 5.56 Å². The highest BCUT2D eigenvalue weighted by Crippen LogP contribution is 2.10. The fraction of sp³-hybridized carbons (Fsp3) is 0.538. The van der Waals surface area contributed by atoms with Crippen LogP contribution in [-0.4, -0.2) is 44.4 Å². The van der Waals surface area contributed by atoms with Gasteiger partial charge in [0.25, 0.3) is 0 Å². The minimum absolute atomic E-state index is 0.212. The number of piperazine rings is 1. The third kappa shape index (κ3) is 3.04. The first kappa shape index (κ1) is 11.6. The van der Waals surface area contributed by atoms with Gasteiger partial charge in [-0.3, -0.25) is 4.90 Å². The highest BCUT2D eigenvalue weighted by atomic mass is 16.5. The average Bonchev–Trinajstić information content (AvgIpc) is 2.38. The summed E-state index contributed by atoms with van der Waals surface area (Å²) >= 11 is 0. The lowest BCUT2D eigenvalue weighted by molar-refractivity contribution is -0.0369. The molecule has 1 aliphatic rings. The molecule has 16 heavy (non-hydrogen) atoms. The van der Waals surface area contributed by atoms with E-state index in [1.807, 2.05) is 0 Å². The molecular formula is C13H20N2O. The number of benzene rings is 1. The van der Waals surface area contributed by atoms with Crippen LogP contribution in [0.2, 0.25) is 0 Å². The monoisotopic (exact) mass is 220 g/mol. The Labute approximate surface area is 97.4 Å². The first-order chi connectivity index (χ1) is 7.90. The molecule has 3 heteroatoms. The van der Waals surface area contributed by atoms with Crippen molar-refractivity contribution in [2.24, 2.45) is 0 Å². The Hall–Kier alpha value is -0.900. The van der Waals surface area contributed by atoms with Crippen molar-refractivity contribution in [1.29, 1.82) is 0 Å². The number of nitrogens with zero attached hydrogens (tertiary/aromatic N) is 1. The Morgan fingerprint density at radius 3 is 2.56 bits per heavy atom. The molecule has 1 heterocycles. The van der Waals surface area contributed by atoms with E-state index in [0.29, 0.717) is 0 Å². The smallest absolute Gasteiger partial charge is 0.114 e. The highest BCUT2D eigenvalue weighted by molar-refractivity contribution is 5.15. The fourth-order valence-electron chi connectivity index (χ4n) is 2.15. The summed E-state index contributed by atoms with van der Waals surface area (Å²) in [6, 6.07) is 10.5. The number of nitrogens with one attached hydrogen (secondary N) is 1. The van der Waals surface area contributed by atoms with Crippen molar-refractivity contribution in [2.75, 3.05) is 33.3 Å². The van der Waals surface area contributed by atoms with Gasteiger partial charge in [0.2, 0.25) is 0 Å². The molecule has 1 atom stereocenters. The number of hydrogen-bond acceptors (Lipinski definition) is 3. The first-order valence-corrected chi connectivity index (χ1v) is 5.91. The van der Waals surface area contributed by atoms with Crippen LogP contribution in [0.1, 0.15) is 5.56 Å². The third-order valence-corrected chi connectivity index (χ3v) is 3.08. The van der Waals surface area contributed by atoms with E-state index >= 15 is 0 Å². The molecule has 2 rings (SSSR count). The number of rotatable bonds is 4. The predicted molar refractivity (Wildman–Crippen MR) is 65.4 cm³/mol. The largest absolute Gasteiger partial charge is 0.366 e. The summed E-state index contributed by atoms with van der Waals surface area (Å²) in [5.74, 6) is 0. The van der Waals surface area contributed by atoms with Crippen LogP contribution in [0, 0.1) is 0 Å². The molecule has 0 spiro atoms. The molecule has 1 fully saturated rings. The molecule has 3 nitrogen and oxygen atoms in total. The van der Waals surface area contributed by atoms with E-state index in [1.54, 1.807) is 7.11 Å². The lowest BCUT2D eigenvalue weighted by Crippen LogP contribution is -2.49. The summed E-state index contributed by atoms with van der Waals surface area (Å²) in [4.78, 5) is 2.41. The average molecular weight is 220 g/mol. The van der Waals surface area contributed by atoms with Crippen LogP contribution in [0.25, 0.3) is 0 Å². The predicted octanol–water partition coefficient (Wildman–Crippen LogP) is 1.11. The normalized spacial score (nSPS) is 19.6.